The lowest BCUT2D eigenvalue weighted by Crippen LogP contribution is -2.60. The van der Waals surface area contributed by atoms with Gasteiger partial charge in [0.15, 0.2) is 5.84 Å². The van der Waals surface area contributed by atoms with Crippen molar-refractivity contribution in [1.29, 1.82) is 0 Å². The van der Waals surface area contributed by atoms with Gasteiger partial charge in [0.2, 0.25) is 0 Å². The highest BCUT2D eigenvalue weighted by Gasteiger charge is 2.42. The van der Waals surface area contributed by atoms with Gasteiger partial charge in [0.1, 0.15) is 11.1 Å². The van der Waals surface area contributed by atoms with E-state index in [2.05, 4.69) is 10.5 Å². The smallest absolute Gasteiger partial charge is 0.252 e. The van der Waals surface area contributed by atoms with Gasteiger partial charge in [-0.15, -0.1) is 0 Å². The van der Waals surface area contributed by atoms with Crippen molar-refractivity contribution in [3.63, 3.8) is 0 Å². The fourth-order valence-electron chi connectivity index (χ4n) is 1.98. The van der Waals surface area contributed by atoms with Gasteiger partial charge in [-0.05, 0) is 26.7 Å². The van der Waals surface area contributed by atoms with E-state index in [-0.39, 0.29) is 11.7 Å². The van der Waals surface area contributed by atoms with Crippen LogP contribution >= 0.6 is 0 Å². The normalized spacial score (nSPS) is 20.3. The molecule has 1 rings (SSSR count). The van der Waals surface area contributed by atoms with E-state index in [9.17, 15) is 4.79 Å². The molecule has 0 aliphatic heterocycles. The fraction of sp³-hybridized carbons (Fsp3) is 0.818. The number of ether oxygens (including phenoxy) is 1. The first kappa shape index (κ1) is 13.8. The number of amides is 1. The lowest BCUT2D eigenvalue weighted by molar-refractivity contribution is -0.140. The van der Waals surface area contributed by atoms with Crippen LogP contribution in [0.2, 0.25) is 0 Å². The zero-order chi connectivity index (χ0) is 13.1. The summed E-state index contributed by atoms with van der Waals surface area (Å²) in [6.45, 7) is 3.36. The minimum Gasteiger partial charge on any atom is -0.409 e. The first-order chi connectivity index (χ1) is 7.88. The highest BCUT2D eigenvalue weighted by Crippen LogP contribution is 2.30. The number of nitrogens with one attached hydrogen (secondary N) is 1. The summed E-state index contributed by atoms with van der Waals surface area (Å²) in [5, 5.41) is 14.7. The predicted molar refractivity (Wildman–Crippen MR) is 63.8 cm³/mol. The molecular weight excluding hydrogens is 222 g/mol. The zero-order valence-corrected chi connectivity index (χ0v) is 10.6. The van der Waals surface area contributed by atoms with Crippen LogP contribution in [0.3, 0.4) is 0 Å². The van der Waals surface area contributed by atoms with E-state index in [0.29, 0.717) is 12.8 Å². The van der Waals surface area contributed by atoms with Crippen LogP contribution in [0.4, 0.5) is 0 Å². The number of rotatable bonds is 4. The third-order valence-corrected chi connectivity index (χ3v) is 3.47. The van der Waals surface area contributed by atoms with Crippen molar-refractivity contribution in [3.05, 3.63) is 0 Å². The van der Waals surface area contributed by atoms with Gasteiger partial charge in [-0.2, -0.15) is 0 Å². The van der Waals surface area contributed by atoms with Crippen LogP contribution in [0.25, 0.3) is 0 Å². The number of nitrogens with two attached hydrogens (primary N) is 1. The number of hydrogen-bond donors (Lipinski definition) is 3. The first-order valence-corrected chi connectivity index (χ1v) is 5.74. The molecule has 98 valence electrons. The van der Waals surface area contributed by atoms with Crippen molar-refractivity contribution >= 4 is 11.7 Å². The zero-order valence-electron chi connectivity index (χ0n) is 10.6. The standard InChI is InChI=1S/C11H21N3O3/c1-10(2,17-3)9(15)13-11(8(12)14-16)6-4-5-7-11/h16H,4-7H2,1-3H3,(H2,12,14)(H,13,15). The lowest BCUT2D eigenvalue weighted by atomic mass is 9.94. The summed E-state index contributed by atoms with van der Waals surface area (Å²) in [5.41, 5.74) is 4.04. The monoisotopic (exact) mass is 243 g/mol. The van der Waals surface area contributed by atoms with Gasteiger partial charge in [0.25, 0.3) is 5.91 Å². The van der Waals surface area contributed by atoms with Crippen molar-refractivity contribution in [3.8, 4) is 0 Å². The van der Waals surface area contributed by atoms with Crippen LogP contribution in [-0.2, 0) is 9.53 Å². The van der Waals surface area contributed by atoms with E-state index in [0.717, 1.165) is 12.8 Å². The average molecular weight is 243 g/mol. The molecule has 1 aliphatic rings. The van der Waals surface area contributed by atoms with Gasteiger partial charge in [-0.3, -0.25) is 4.79 Å². The molecule has 6 nitrogen and oxygen atoms in total. The Morgan fingerprint density at radius 1 is 1.47 bits per heavy atom. The lowest BCUT2D eigenvalue weighted by Gasteiger charge is -2.32. The number of carbonyl (C=O) groups is 1. The van der Waals surface area contributed by atoms with Crippen LogP contribution in [-0.4, -0.2) is 35.2 Å². The molecule has 0 saturated heterocycles. The Morgan fingerprint density at radius 2 is 2.00 bits per heavy atom. The molecule has 0 heterocycles. The fourth-order valence-corrected chi connectivity index (χ4v) is 1.98. The first-order valence-electron chi connectivity index (χ1n) is 5.74. The summed E-state index contributed by atoms with van der Waals surface area (Å²) >= 11 is 0. The molecular formula is C11H21N3O3. The van der Waals surface area contributed by atoms with Crippen LogP contribution < -0.4 is 11.1 Å². The van der Waals surface area contributed by atoms with E-state index in [1.54, 1.807) is 13.8 Å². The van der Waals surface area contributed by atoms with Crippen molar-refractivity contribution in [2.75, 3.05) is 7.11 Å². The molecule has 0 unspecified atom stereocenters. The third kappa shape index (κ3) is 2.69. The summed E-state index contributed by atoms with van der Waals surface area (Å²) in [6.07, 6.45) is 3.27. The van der Waals surface area contributed by atoms with Crippen molar-refractivity contribution in [2.24, 2.45) is 10.9 Å². The molecule has 6 heteroatoms. The van der Waals surface area contributed by atoms with Crippen LogP contribution in [0.1, 0.15) is 39.5 Å². The second-order valence-electron chi connectivity index (χ2n) is 4.94. The van der Waals surface area contributed by atoms with Crippen molar-refractivity contribution in [1.82, 2.24) is 5.32 Å². The number of amidine groups is 1. The quantitative estimate of drug-likeness (QED) is 0.291. The van der Waals surface area contributed by atoms with Crippen molar-refractivity contribution < 1.29 is 14.7 Å². The third-order valence-electron chi connectivity index (χ3n) is 3.47. The molecule has 1 saturated carbocycles. The van der Waals surface area contributed by atoms with Gasteiger partial charge >= 0.3 is 0 Å². The van der Waals surface area contributed by atoms with E-state index < -0.39 is 11.1 Å². The van der Waals surface area contributed by atoms with E-state index in [1.165, 1.54) is 7.11 Å². The summed E-state index contributed by atoms with van der Waals surface area (Å²) in [6, 6.07) is 0. The summed E-state index contributed by atoms with van der Waals surface area (Å²) in [7, 11) is 1.48. The predicted octanol–water partition coefficient (Wildman–Crippen LogP) is 0.587. The minimum atomic E-state index is -0.925. The molecule has 0 aromatic heterocycles. The molecule has 0 spiro atoms. The number of nitrogens with zero attached hydrogens (tertiary/aromatic N) is 1. The molecule has 1 aliphatic carbocycles. The van der Waals surface area contributed by atoms with Gasteiger partial charge in [-0.1, -0.05) is 18.0 Å². The molecule has 0 radical (unpaired) electrons. The van der Waals surface area contributed by atoms with Gasteiger partial charge in [0.05, 0.1) is 0 Å². The SMILES string of the molecule is COC(C)(C)C(=O)NC1(C(N)=NO)CCCC1. The Kier molecular flexibility index (Phi) is 3.98. The Labute approximate surface area is 101 Å². The summed E-state index contributed by atoms with van der Waals surface area (Å²) in [5.74, 6) is -0.191. The van der Waals surface area contributed by atoms with Crippen molar-refractivity contribution in [2.45, 2.75) is 50.7 Å². The molecule has 0 bridgehead atoms. The number of carbonyl (C=O) groups excluding carboxylic acids is 1. The maximum atomic E-state index is 12.0. The number of oxime groups is 1. The maximum Gasteiger partial charge on any atom is 0.252 e. The summed E-state index contributed by atoms with van der Waals surface area (Å²) < 4.78 is 5.11. The van der Waals surface area contributed by atoms with Crippen LogP contribution in [0.15, 0.2) is 5.16 Å². The second-order valence-corrected chi connectivity index (χ2v) is 4.94. The van der Waals surface area contributed by atoms with E-state index in [4.69, 9.17) is 15.7 Å². The van der Waals surface area contributed by atoms with Crippen LogP contribution in [0.5, 0.6) is 0 Å². The summed E-state index contributed by atoms with van der Waals surface area (Å²) in [4.78, 5) is 12.0. The molecule has 4 N–H and O–H groups in total. The second kappa shape index (κ2) is 4.91. The molecule has 0 atom stereocenters. The Bertz CT molecular complexity index is 320. The largest absolute Gasteiger partial charge is 0.409 e. The highest BCUT2D eigenvalue weighted by molar-refractivity contribution is 5.96. The maximum absolute atomic E-state index is 12.0. The van der Waals surface area contributed by atoms with E-state index >= 15 is 0 Å². The van der Waals surface area contributed by atoms with Crippen LogP contribution in [0, 0.1) is 0 Å². The topological polar surface area (TPSA) is 96.9 Å². The minimum absolute atomic E-state index is 0.0650. The average Bonchev–Trinajstić information content (AvgIpc) is 2.77. The molecule has 0 aromatic carbocycles. The Hall–Kier alpha value is -1.30. The molecule has 1 amide bonds. The number of hydrogen-bond acceptors (Lipinski definition) is 4. The molecule has 17 heavy (non-hydrogen) atoms. The Morgan fingerprint density at radius 3 is 2.41 bits per heavy atom. The molecule has 0 aromatic rings. The Balaban J connectivity index is 2.86. The molecule has 1 fully saturated rings. The van der Waals surface area contributed by atoms with E-state index in [1.807, 2.05) is 0 Å². The van der Waals surface area contributed by atoms with Gasteiger partial charge in [-0.25, -0.2) is 0 Å². The van der Waals surface area contributed by atoms with Gasteiger partial charge < -0.3 is 21.0 Å². The highest BCUT2D eigenvalue weighted by atomic mass is 16.5. The van der Waals surface area contributed by atoms with Gasteiger partial charge in [0, 0.05) is 7.11 Å². The number of methoxy groups -OCH3 is 1.